The van der Waals surface area contributed by atoms with E-state index in [2.05, 4.69) is 12.1 Å². The molecule has 0 amide bonds. The molecular weight excluding hydrogens is 186 g/mol. The first-order chi connectivity index (χ1) is 7.38. The second kappa shape index (κ2) is 5.17. The molecule has 0 radical (unpaired) electrons. The number of hydrogen-bond donors (Lipinski definition) is 1. The summed E-state index contributed by atoms with van der Waals surface area (Å²) in [7, 11) is 0. The van der Waals surface area contributed by atoms with Crippen LogP contribution >= 0.6 is 0 Å². The van der Waals surface area contributed by atoms with Crippen LogP contribution in [-0.2, 0) is 6.42 Å². The SMILES string of the molecule is NCCc1cccc(OCC2CCC2)c1. The van der Waals surface area contributed by atoms with Crippen molar-refractivity contribution in [1.82, 2.24) is 0 Å². The van der Waals surface area contributed by atoms with E-state index < -0.39 is 0 Å². The highest BCUT2D eigenvalue weighted by Gasteiger charge is 2.17. The van der Waals surface area contributed by atoms with Crippen LogP contribution in [0.4, 0.5) is 0 Å². The fraction of sp³-hybridized carbons (Fsp3) is 0.538. The van der Waals surface area contributed by atoms with Gasteiger partial charge in [-0.25, -0.2) is 0 Å². The van der Waals surface area contributed by atoms with Gasteiger partial charge in [-0.05, 0) is 49.4 Å². The molecular formula is C13H19NO. The van der Waals surface area contributed by atoms with Crippen LogP contribution in [0, 0.1) is 5.92 Å². The Morgan fingerprint density at radius 2 is 2.20 bits per heavy atom. The minimum absolute atomic E-state index is 0.700. The first-order valence-corrected chi connectivity index (χ1v) is 5.80. The number of benzene rings is 1. The van der Waals surface area contributed by atoms with E-state index in [1.807, 2.05) is 12.1 Å². The average Bonchev–Trinajstić information content (AvgIpc) is 2.16. The van der Waals surface area contributed by atoms with E-state index in [1.165, 1.54) is 24.8 Å². The molecule has 0 bridgehead atoms. The van der Waals surface area contributed by atoms with Crippen molar-refractivity contribution in [3.05, 3.63) is 29.8 Å². The Balaban J connectivity index is 1.86. The fourth-order valence-corrected chi connectivity index (χ4v) is 1.83. The van der Waals surface area contributed by atoms with Crippen molar-refractivity contribution in [2.75, 3.05) is 13.2 Å². The van der Waals surface area contributed by atoms with Crippen molar-refractivity contribution in [2.45, 2.75) is 25.7 Å². The second-order valence-corrected chi connectivity index (χ2v) is 4.29. The smallest absolute Gasteiger partial charge is 0.119 e. The standard InChI is InChI=1S/C13H19NO/c14-8-7-11-3-2-6-13(9-11)15-10-12-4-1-5-12/h2-3,6,9,12H,1,4-5,7-8,10,14H2. The zero-order valence-corrected chi connectivity index (χ0v) is 9.11. The molecule has 82 valence electrons. The molecule has 0 aromatic heterocycles. The quantitative estimate of drug-likeness (QED) is 0.801. The summed E-state index contributed by atoms with van der Waals surface area (Å²) in [6.45, 7) is 1.58. The third-order valence-electron chi connectivity index (χ3n) is 3.04. The average molecular weight is 205 g/mol. The van der Waals surface area contributed by atoms with Gasteiger partial charge in [-0.1, -0.05) is 18.6 Å². The minimum Gasteiger partial charge on any atom is -0.493 e. The maximum Gasteiger partial charge on any atom is 0.119 e. The molecule has 1 aliphatic rings. The van der Waals surface area contributed by atoms with Gasteiger partial charge in [0.15, 0.2) is 0 Å². The number of rotatable bonds is 5. The zero-order chi connectivity index (χ0) is 10.5. The molecule has 2 heteroatoms. The van der Waals surface area contributed by atoms with Crippen molar-refractivity contribution < 1.29 is 4.74 Å². The van der Waals surface area contributed by atoms with E-state index in [9.17, 15) is 0 Å². The monoisotopic (exact) mass is 205 g/mol. The van der Waals surface area contributed by atoms with Gasteiger partial charge in [0.1, 0.15) is 5.75 Å². The zero-order valence-electron chi connectivity index (χ0n) is 9.11. The van der Waals surface area contributed by atoms with Gasteiger partial charge in [0.25, 0.3) is 0 Å². The summed E-state index contributed by atoms with van der Waals surface area (Å²) in [5, 5.41) is 0. The third kappa shape index (κ3) is 2.96. The molecule has 0 aliphatic heterocycles. The summed E-state index contributed by atoms with van der Waals surface area (Å²) in [5.74, 6) is 1.79. The van der Waals surface area contributed by atoms with Crippen molar-refractivity contribution >= 4 is 0 Å². The van der Waals surface area contributed by atoms with Gasteiger partial charge in [0.05, 0.1) is 6.61 Å². The van der Waals surface area contributed by atoms with E-state index >= 15 is 0 Å². The summed E-state index contributed by atoms with van der Waals surface area (Å²) in [6, 6.07) is 8.27. The summed E-state index contributed by atoms with van der Waals surface area (Å²) in [5.41, 5.74) is 6.79. The lowest BCUT2D eigenvalue weighted by atomic mass is 9.86. The molecule has 0 heterocycles. The molecule has 1 aromatic rings. The molecule has 1 fully saturated rings. The van der Waals surface area contributed by atoms with E-state index in [1.54, 1.807) is 0 Å². The summed E-state index contributed by atoms with van der Waals surface area (Å²) in [4.78, 5) is 0. The summed E-state index contributed by atoms with van der Waals surface area (Å²) >= 11 is 0. The molecule has 1 saturated carbocycles. The van der Waals surface area contributed by atoms with Gasteiger partial charge in [0, 0.05) is 0 Å². The highest BCUT2D eigenvalue weighted by molar-refractivity contribution is 5.28. The topological polar surface area (TPSA) is 35.2 Å². The van der Waals surface area contributed by atoms with Crippen molar-refractivity contribution in [3.63, 3.8) is 0 Å². The number of ether oxygens (including phenoxy) is 1. The Labute approximate surface area is 91.4 Å². The molecule has 2 rings (SSSR count). The highest BCUT2D eigenvalue weighted by atomic mass is 16.5. The van der Waals surface area contributed by atoms with Gasteiger partial charge < -0.3 is 10.5 Å². The number of hydrogen-bond acceptors (Lipinski definition) is 2. The lowest BCUT2D eigenvalue weighted by Crippen LogP contribution is -2.19. The molecule has 0 unspecified atom stereocenters. The van der Waals surface area contributed by atoms with Crippen molar-refractivity contribution in [3.8, 4) is 5.75 Å². The van der Waals surface area contributed by atoms with Gasteiger partial charge >= 0.3 is 0 Å². The summed E-state index contributed by atoms with van der Waals surface area (Å²) in [6.07, 6.45) is 4.98. The van der Waals surface area contributed by atoms with Crippen LogP contribution in [0.25, 0.3) is 0 Å². The van der Waals surface area contributed by atoms with Crippen LogP contribution in [0.1, 0.15) is 24.8 Å². The van der Waals surface area contributed by atoms with Gasteiger partial charge in [-0.15, -0.1) is 0 Å². The Morgan fingerprint density at radius 3 is 2.87 bits per heavy atom. The Bertz CT molecular complexity index is 307. The van der Waals surface area contributed by atoms with Crippen LogP contribution in [0.2, 0.25) is 0 Å². The van der Waals surface area contributed by atoms with E-state index in [0.29, 0.717) is 6.54 Å². The Hall–Kier alpha value is -1.02. The van der Waals surface area contributed by atoms with E-state index in [-0.39, 0.29) is 0 Å². The predicted octanol–water partition coefficient (Wildman–Crippen LogP) is 2.37. The lowest BCUT2D eigenvalue weighted by molar-refractivity contribution is 0.180. The predicted molar refractivity (Wildman–Crippen MR) is 62.0 cm³/mol. The Morgan fingerprint density at radius 1 is 1.33 bits per heavy atom. The second-order valence-electron chi connectivity index (χ2n) is 4.29. The minimum atomic E-state index is 0.700. The summed E-state index contributed by atoms with van der Waals surface area (Å²) < 4.78 is 5.76. The highest BCUT2D eigenvalue weighted by Crippen LogP contribution is 2.27. The lowest BCUT2D eigenvalue weighted by Gasteiger charge is -2.25. The molecule has 1 aliphatic carbocycles. The van der Waals surface area contributed by atoms with Crippen LogP contribution in [0.5, 0.6) is 5.75 Å². The third-order valence-corrected chi connectivity index (χ3v) is 3.04. The van der Waals surface area contributed by atoms with Crippen molar-refractivity contribution in [2.24, 2.45) is 11.7 Å². The van der Waals surface area contributed by atoms with Gasteiger partial charge in [-0.3, -0.25) is 0 Å². The molecule has 2 nitrogen and oxygen atoms in total. The van der Waals surface area contributed by atoms with E-state index in [0.717, 1.165) is 24.7 Å². The van der Waals surface area contributed by atoms with Crippen LogP contribution < -0.4 is 10.5 Å². The largest absolute Gasteiger partial charge is 0.493 e. The van der Waals surface area contributed by atoms with Gasteiger partial charge in [0.2, 0.25) is 0 Å². The molecule has 0 saturated heterocycles. The fourth-order valence-electron chi connectivity index (χ4n) is 1.83. The first kappa shape index (κ1) is 10.5. The van der Waals surface area contributed by atoms with Crippen LogP contribution in [0.3, 0.4) is 0 Å². The van der Waals surface area contributed by atoms with E-state index in [4.69, 9.17) is 10.5 Å². The maximum absolute atomic E-state index is 5.76. The van der Waals surface area contributed by atoms with Gasteiger partial charge in [-0.2, -0.15) is 0 Å². The molecule has 1 aromatic carbocycles. The van der Waals surface area contributed by atoms with Crippen LogP contribution in [-0.4, -0.2) is 13.2 Å². The maximum atomic E-state index is 5.76. The molecule has 0 spiro atoms. The van der Waals surface area contributed by atoms with Crippen molar-refractivity contribution in [1.29, 1.82) is 0 Å². The van der Waals surface area contributed by atoms with Crippen LogP contribution in [0.15, 0.2) is 24.3 Å². The molecule has 2 N–H and O–H groups in total. The molecule has 15 heavy (non-hydrogen) atoms. The normalized spacial score (nSPS) is 16.1. The number of nitrogens with two attached hydrogens (primary N) is 1. The molecule has 0 atom stereocenters. The Kier molecular flexibility index (Phi) is 3.62. The first-order valence-electron chi connectivity index (χ1n) is 5.80.